The first kappa shape index (κ1) is 23.7. The van der Waals surface area contributed by atoms with Crippen LogP contribution < -0.4 is 10.2 Å². The van der Waals surface area contributed by atoms with E-state index in [0.717, 1.165) is 49.3 Å². The molecule has 2 amide bonds. The number of amides is 2. The van der Waals surface area contributed by atoms with Crippen molar-refractivity contribution < 1.29 is 23.1 Å². The van der Waals surface area contributed by atoms with E-state index in [1.54, 1.807) is 23.1 Å². The van der Waals surface area contributed by atoms with Gasteiger partial charge < -0.3 is 19.9 Å². The van der Waals surface area contributed by atoms with Crippen LogP contribution in [0, 0.1) is 11.6 Å². The third-order valence-electron chi connectivity index (χ3n) is 6.49. The van der Waals surface area contributed by atoms with Gasteiger partial charge in [0, 0.05) is 43.5 Å². The molecule has 0 bridgehead atoms. The topological polar surface area (TPSA) is 61.9 Å². The lowest BCUT2D eigenvalue weighted by Crippen LogP contribution is -2.50. The van der Waals surface area contributed by atoms with Gasteiger partial charge in [0.05, 0.1) is 12.7 Å². The SMILES string of the molecule is COC(=O)c1ccc(N2CCC(NC(=O)N3CCC(=Cc4cc(F)ccc4F)CC3)CC2)cc1. The van der Waals surface area contributed by atoms with E-state index >= 15 is 0 Å². The molecule has 0 saturated carbocycles. The Balaban J connectivity index is 1.23. The first-order valence-electron chi connectivity index (χ1n) is 11.6. The van der Waals surface area contributed by atoms with E-state index in [1.807, 2.05) is 12.1 Å². The fourth-order valence-corrected chi connectivity index (χ4v) is 4.46. The number of rotatable bonds is 4. The molecule has 0 aliphatic carbocycles. The number of nitrogens with zero attached hydrogens (tertiary/aromatic N) is 2. The Morgan fingerprint density at radius 2 is 1.68 bits per heavy atom. The molecule has 0 radical (unpaired) electrons. The molecule has 0 aromatic heterocycles. The predicted molar refractivity (Wildman–Crippen MR) is 127 cm³/mol. The molecule has 0 spiro atoms. The fourth-order valence-electron chi connectivity index (χ4n) is 4.46. The fraction of sp³-hybridized carbons (Fsp3) is 0.385. The van der Waals surface area contributed by atoms with Crippen molar-refractivity contribution >= 4 is 23.8 Å². The molecular formula is C26H29F2N3O3. The van der Waals surface area contributed by atoms with Gasteiger partial charge in [-0.2, -0.15) is 0 Å². The van der Waals surface area contributed by atoms with Crippen LogP contribution in [0.2, 0.25) is 0 Å². The van der Waals surface area contributed by atoms with Crippen molar-refractivity contribution in [3.63, 3.8) is 0 Å². The maximum Gasteiger partial charge on any atom is 0.337 e. The number of hydrogen-bond donors (Lipinski definition) is 1. The first-order chi connectivity index (χ1) is 16.4. The summed E-state index contributed by atoms with van der Waals surface area (Å²) in [6.45, 7) is 2.74. The van der Waals surface area contributed by atoms with Crippen LogP contribution in [0.1, 0.15) is 41.6 Å². The number of hydrogen-bond acceptors (Lipinski definition) is 4. The second-order valence-electron chi connectivity index (χ2n) is 8.70. The molecular weight excluding hydrogens is 440 g/mol. The van der Waals surface area contributed by atoms with Crippen molar-refractivity contribution in [2.45, 2.75) is 31.7 Å². The molecule has 2 saturated heterocycles. The zero-order chi connectivity index (χ0) is 24.1. The normalized spacial score (nSPS) is 16.9. The van der Waals surface area contributed by atoms with Crippen molar-refractivity contribution in [2.75, 3.05) is 38.2 Å². The number of carbonyl (C=O) groups is 2. The largest absolute Gasteiger partial charge is 0.465 e. The third kappa shape index (κ3) is 5.73. The number of ether oxygens (including phenoxy) is 1. The van der Waals surface area contributed by atoms with Gasteiger partial charge in [0.1, 0.15) is 11.6 Å². The highest BCUT2D eigenvalue weighted by Crippen LogP contribution is 2.23. The second kappa shape index (κ2) is 10.7. The predicted octanol–water partition coefficient (Wildman–Crippen LogP) is 4.61. The molecule has 2 aliphatic heterocycles. The van der Waals surface area contributed by atoms with E-state index in [9.17, 15) is 18.4 Å². The number of halogens is 2. The lowest BCUT2D eigenvalue weighted by atomic mass is 10.0. The molecule has 6 nitrogen and oxygen atoms in total. The second-order valence-corrected chi connectivity index (χ2v) is 8.70. The van der Waals surface area contributed by atoms with Crippen LogP contribution in [-0.4, -0.2) is 56.2 Å². The zero-order valence-electron chi connectivity index (χ0n) is 19.2. The number of anilines is 1. The standard InChI is InChI=1S/C26H29F2N3O3/c1-34-25(32)19-2-5-23(6-3-19)30-14-10-22(11-15-30)29-26(33)31-12-8-18(9-13-31)16-20-17-21(27)4-7-24(20)28/h2-7,16-17,22H,8-15H2,1H3,(H,29,33). The van der Waals surface area contributed by atoms with Gasteiger partial charge in [-0.1, -0.05) is 11.6 Å². The number of carbonyl (C=O) groups excluding carboxylic acids is 2. The highest BCUT2D eigenvalue weighted by molar-refractivity contribution is 5.89. The van der Waals surface area contributed by atoms with Gasteiger partial charge in [-0.05, 0) is 68.1 Å². The van der Waals surface area contributed by atoms with E-state index in [0.29, 0.717) is 31.5 Å². The van der Waals surface area contributed by atoms with Gasteiger partial charge in [-0.25, -0.2) is 18.4 Å². The summed E-state index contributed by atoms with van der Waals surface area (Å²) in [6, 6.07) is 10.8. The van der Waals surface area contributed by atoms with Crippen LogP contribution in [-0.2, 0) is 4.74 Å². The maximum atomic E-state index is 13.9. The van der Waals surface area contributed by atoms with E-state index in [-0.39, 0.29) is 23.6 Å². The van der Waals surface area contributed by atoms with Crippen molar-refractivity contribution in [1.82, 2.24) is 10.2 Å². The molecule has 34 heavy (non-hydrogen) atoms. The summed E-state index contributed by atoms with van der Waals surface area (Å²) in [6.07, 6.45) is 4.65. The molecule has 0 unspecified atom stereocenters. The third-order valence-corrected chi connectivity index (χ3v) is 6.49. The lowest BCUT2D eigenvalue weighted by Gasteiger charge is -2.36. The van der Waals surface area contributed by atoms with Gasteiger partial charge in [0.25, 0.3) is 0 Å². The highest BCUT2D eigenvalue weighted by Gasteiger charge is 2.25. The van der Waals surface area contributed by atoms with Gasteiger partial charge in [0.15, 0.2) is 0 Å². The Morgan fingerprint density at radius 1 is 1.00 bits per heavy atom. The number of urea groups is 1. The Kier molecular flexibility index (Phi) is 7.45. The van der Waals surface area contributed by atoms with Crippen LogP contribution in [0.3, 0.4) is 0 Å². The number of esters is 1. The van der Waals surface area contributed by atoms with Crippen LogP contribution in [0.4, 0.5) is 19.3 Å². The summed E-state index contributed by atoms with van der Waals surface area (Å²) < 4.78 is 32.0. The van der Waals surface area contributed by atoms with Gasteiger partial charge in [0.2, 0.25) is 0 Å². The quantitative estimate of drug-likeness (QED) is 0.665. The number of methoxy groups -OCH3 is 1. The number of nitrogens with one attached hydrogen (secondary N) is 1. The molecule has 1 N–H and O–H groups in total. The Morgan fingerprint density at radius 3 is 2.32 bits per heavy atom. The molecule has 8 heteroatoms. The Labute approximate surface area is 198 Å². The Bertz CT molecular complexity index is 1050. The van der Waals surface area contributed by atoms with E-state index in [1.165, 1.54) is 13.2 Å². The van der Waals surface area contributed by atoms with Crippen molar-refractivity contribution in [2.24, 2.45) is 0 Å². The minimum absolute atomic E-state index is 0.0723. The molecule has 2 fully saturated rings. The Hall–Kier alpha value is -3.42. The minimum atomic E-state index is -0.464. The van der Waals surface area contributed by atoms with Crippen LogP contribution >= 0.6 is 0 Å². The average molecular weight is 470 g/mol. The van der Waals surface area contributed by atoms with Crippen LogP contribution in [0.5, 0.6) is 0 Å². The van der Waals surface area contributed by atoms with Crippen molar-refractivity contribution in [3.05, 3.63) is 70.8 Å². The molecule has 2 aromatic carbocycles. The minimum Gasteiger partial charge on any atom is -0.465 e. The molecule has 0 atom stereocenters. The maximum absolute atomic E-state index is 13.9. The smallest absolute Gasteiger partial charge is 0.337 e. The van der Waals surface area contributed by atoms with Crippen molar-refractivity contribution in [3.8, 4) is 0 Å². The highest BCUT2D eigenvalue weighted by atomic mass is 19.1. The summed E-state index contributed by atoms with van der Waals surface area (Å²) in [5, 5.41) is 3.14. The molecule has 2 aliphatic rings. The summed E-state index contributed by atoms with van der Waals surface area (Å²) in [5.74, 6) is -1.26. The average Bonchev–Trinajstić information content (AvgIpc) is 2.87. The number of likely N-dealkylation sites (tertiary alicyclic amines) is 1. The zero-order valence-corrected chi connectivity index (χ0v) is 19.2. The van der Waals surface area contributed by atoms with E-state index in [2.05, 4.69) is 10.2 Å². The van der Waals surface area contributed by atoms with Crippen LogP contribution in [0.15, 0.2) is 48.0 Å². The van der Waals surface area contributed by atoms with Gasteiger partial charge in [-0.15, -0.1) is 0 Å². The summed E-state index contributed by atoms with van der Waals surface area (Å²) in [5.41, 5.74) is 2.83. The van der Waals surface area contributed by atoms with Gasteiger partial charge in [-0.3, -0.25) is 0 Å². The van der Waals surface area contributed by atoms with Gasteiger partial charge >= 0.3 is 12.0 Å². The number of benzene rings is 2. The monoisotopic (exact) mass is 469 g/mol. The summed E-state index contributed by atoms with van der Waals surface area (Å²) in [7, 11) is 1.36. The van der Waals surface area contributed by atoms with Crippen LogP contribution in [0.25, 0.3) is 6.08 Å². The van der Waals surface area contributed by atoms with E-state index < -0.39 is 11.6 Å². The molecule has 2 aromatic rings. The van der Waals surface area contributed by atoms with E-state index in [4.69, 9.17) is 4.74 Å². The first-order valence-corrected chi connectivity index (χ1v) is 11.6. The number of piperidine rings is 2. The molecule has 180 valence electrons. The molecule has 4 rings (SSSR count). The summed E-state index contributed by atoms with van der Waals surface area (Å²) >= 11 is 0. The molecule has 2 heterocycles. The van der Waals surface area contributed by atoms with Crippen molar-refractivity contribution in [1.29, 1.82) is 0 Å². The lowest BCUT2D eigenvalue weighted by molar-refractivity contribution is 0.0600. The summed E-state index contributed by atoms with van der Waals surface area (Å²) in [4.78, 5) is 28.4.